The van der Waals surface area contributed by atoms with Gasteiger partial charge in [0.2, 0.25) is 0 Å². The summed E-state index contributed by atoms with van der Waals surface area (Å²) in [6.07, 6.45) is 1.76. The Morgan fingerprint density at radius 1 is 1.35 bits per heavy atom. The largest absolute Gasteiger partial charge is 0.332 e. The van der Waals surface area contributed by atoms with E-state index in [0.717, 1.165) is 5.56 Å². The Morgan fingerprint density at radius 3 is 2.55 bits per heavy atom. The van der Waals surface area contributed by atoms with Crippen LogP contribution in [0, 0.1) is 12.7 Å². The summed E-state index contributed by atoms with van der Waals surface area (Å²) in [6.45, 7) is 3.44. The van der Waals surface area contributed by atoms with Crippen molar-refractivity contribution in [1.82, 2.24) is 14.7 Å². The summed E-state index contributed by atoms with van der Waals surface area (Å²) in [5, 5.41) is 0.0426. The summed E-state index contributed by atoms with van der Waals surface area (Å²) in [4.78, 5) is 6.55. The second-order valence-corrected chi connectivity index (χ2v) is 6.37. The number of aromatic nitrogens is 2. The van der Waals surface area contributed by atoms with Crippen LogP contribution in [0.25, 0.3) is 0 Å². The summed E-state index contributed by atoms with van der Waals surface area (Å²) >= 11 is 0. The van der Waals surface area contributed by atoms with Crippen molar-refractivity contribution in [2.45, 2.75) is 31.3 Å². The van der Waals surface area contributed by atoms with Gasteiger partial charge in [-0.15, -0.1) is 0 Å². The number of halogens is 1. The van der Waals surface area contributed by atoms with Gasteiger partial charge in [0.25, 0.3) is 10.0 Å². The predicted molar refractivity (Wildman–Crippen MR) is 73.2 cm³/mol. The highest BCUT2D eigenvalue weighted by molar-refractivity contribution is 7.89. The van der Waals surface area contributed by atoms with Gasteiger partial charge in [0.15, 0.2) is 5.03 Å². The van der Waals surface area contributed by atoms with E-state index in [1.54, 1.807) is 26.0 Å². The Balaban J connectivity index is 2.04. The van der Waals surface area contributed by atoms with E-state index in [-0.39, 0.29) is 16.9 Å². The fourth-order valence-electron chi connectivity index (χ4n) is 1.88. The van der Waals surface area contributed by atoms with Crippen LogP contribution in [-0.4, -0.2) is 24.4 Å². The van der Waals surface area contributed by atoms with E-state index >= 15 is 0 Å². The molecule has 1 heterocycles. The Morgan fingerprint density at radius 2 is 2.00 bits per heavy atom. The summed E-state index contributed by atoms with van der Waals surface area (Å²) in [7, 11) is -3.61. The minimum atomic E-state index is -3.61. The molecule has 0 aliphatic heterocycles. The number of hydrogen-bond acceptors (Lipinski definition) is 3. The van der Waals surface area contributed by atoms with Crippen molar-refractivity contribution < 1.29 is 12.8 Å². The van der Waals surface area contributed by atoms with Gasteiger partial charge in [-0.3, -0.25) is 0 Å². The molecule has 1 aromatic heterocycles. The number of hydrogen-bond donors (Lipinski definition) is 2. The zero-order valence-electron chi connectivity index (χ0n) is 11.2. The molecule has 1 aromatic carbocycles. The van der Waals surface area contributed by atoms with Crippen LogP contribution in [0.5, 0.6) is 0 Å². The number of rotatable bonds is 5. The highest BCUT2D eigenvalue weighted by Crippen LogP contribution is 2.09. The normalized spacial score (nSPS) is 13.3. The number of imidazole rings is 1. The van der Waals surface area contributed by atoms with Crippen molar-refractivity contribution in [3.8, 4) is 0 Å². The van der Waals surface area contributed by atoms with Crippen LogP contribution in [0.4, 0.5) is 4.39 Å². The SMILES string of the molecule is Cc1ncc(S(=O)(=O)NC(C)Cc2ccc(F)cc2)[nH]1. The number of nitrogens with one attached hydrogen (secondary N) is 2. The van der Waals surface area contributed by atoms with Crippen LogP contribution in [0.15, 0.2) is 35.5 Å². The molecule has 2 rings (SSSR count). The molecule has 0 bridgehead atoms. The molecule has 20 heavy (non-hydrogen) atoms. The number of H-pyrrole nitrogens is 1. The zero-order valence-corrected chi connectivity index (χ0v) is 12.0. The maximum absolute atomic E-state index is 12.8. The molecule has 0 spiro atoms. The van der Waals surface area contributed by atoms with Crippen molar-refractivity contribution in [2.24, 2.45) is 0 Å². The quantitative estimate of drug-likeness (QED) is 0.883. The van der Waals surface area contributed by atoms with Gasteiger partial charge in [-0.25, -0.2) is 22.5 Å². The van der Waals surface area contributed by atoms with Crippen LogP contribution in [0.1, 0.15) is 18.3 Å². The van der Waals surface area contributed by atoms with E-state index in [0.29, 0.717) is 12.2 Å². The van der Waals surface area contributed by atoms with Crippen LogP contribution < -0.4 is 4.72 Å². The van der Waals surface area contributed by atoms with Gasteiger partial charge in [0.05, 0.1) is 6.20 Å². The average molecular weight is 297 g/mol. The third kappa shape index (κ3) is 3.64. The molecular weight excluding hydrogens is 281 g/mol. The van der Waals surface area contributed by atoms with Gasteiger partial charge in [-0.1, -0.05) is 12.1 Å². The van der Waals surface area contributed by atoms with Crippen LogP contribution >= 0.6 is 0 Å². The van der Waals surface area contributed by atoms with E-state index < -0.39 is 10.0 Å². The summed E-state index contributed by atoms with van der Waals surface area (Å²) in [6, 6.07) is 5.68. The van der Waals surface area contributed by atoms with Crippen molar-refractivity contribution in [3.05, 3.63) is 47.7 Å². The Hall–Kier alpha value is -1.73. The fraction of sp³-hybridized carbons (Fsp3) is 0.308. The number of aromatic amines is 1. The molecule has 0 saturated heterocycles. The van der Waals surface area contributed by atoms with Gasteiger partial charge in [0, 0.05) is 6.04 Å². The maximum atomic E-state index is 12.8. The fourth-order valence-corrected chi connectivity index (χ4v) is 3.09. The van der Waals surface area contributed by atoms with Crippen LogP contribution in [0.2, 0.25) is 0 Å². The van der Waals surface area contributed by atoms with Crippen molar-refractivity contribution in [2.75, 3.05) is 0 Å². The molecule has 108 valence electrons. The second kappa shape index (κ2) is 5.72. The molecule has 0 radical (unpaired) electrons. The molecular formula is C13H16FN3O2S. The Labute approximate surface area is 117 Å². The third-order valence-electron chi connectivity index (χ3n) is 2.78. The molecule has 0 fully saturated rings. The van der Waals surface area contributed by atoms with Crippen molar-refractivity contribution in [1.29, 1.82) is 0 Å². The van der Waals surface area contributed by atoms with Crippen LogP contribution in [-0.2, 0) is 16.4 Å². The summed E-state index contributed by atoms with van der Waals surface area (Å²) in [5.41, 5.74) is 0.863. The standard InChI is InChI=1S/C13H16FN3O2S/c1-9(7-11-3-5-12(14)6-4-11)17-20(18,19)13-8-15-10(2)16-13/h3-6,8-9,17H,7H2,1-2H3,(H,15,16). The maximum Gasteiger partial charge on any atom is 0.257 e. The molecule has 7 heteroatoms. The number of nitrogens with zero attached hydrogens (tertiary/aromatic N) is 1. The van der Waals surface area contributed by atoms with Gasteiger partial charge in [0.1, 0.15) is 11.6 Å². The van der Waals surface area contributed by atoms with Gasteiger partial charge in [-0.2, -0.15) is 0 Å². The first-order valence-corrected chi connectivity index (χ1v) is 7.63. The lowest BCUT2D eigenvalue weighted by molar-refractivity contribution is 0.556. The predicted octanol–water partition coefficient (Wildman–Crippen LogP) is 1.77. The highest BCUT2D eigenvalue weighted by Gasteiger charge is 2.19. The number of sulfonamides is 1. The van der Waals surface area contributed by atoms with Gasteiger partial charge in [-0.05, 0) is 38.0 Å². The number of benzene rings is 1. The summed E-state index contributed by atoms with van der Waals surface area (Å²) in [5.74, 6) is 0.228. The van der Waals surface area contributed by atoms with Gasteiger partial charge >= 0.3 is 0 Å². The smallest absolute Gasteiger partial charge is 0.257 e. The molecule has 2 N–H and O–H groups in total. The topological polar surface area (TPSA) is 74.8 Å². The first-order chi connectivity index (χ1) is 9.37. The van der Waals surface area contributed by atoms with E-state index in [2.05, 4.69) is 14.7 Å². The average Bonchev–Trinajstić information content (AvgIpc) is 2.79. The highest BCUT2D eigenvalue weighted by atomic mass is 32.2. The van der Waals surface area contributed by atoms with E-state index in [4.69, 9.17) is 0 Å². The van der Waals surface area contributed by atoms with E-state index in [1.165, 1.54) is 18.3 Å². The first-order valence-electron chi connectivity index (χ1n) is 6.15. The molecule has 0 aliphatic rings. The van der Waals surface area contributed by atoms with E-state index in [1.807, 2.05) is 0 Å². The summed E-state index contributed by atoms with van der Waals surface area (Å²) < 4.78 is 39.5. The molecule has 2 aromatic rings. The third-order valence-corrected chi connectivity index (χ3v) is 4.28. The van der Waals surface area contributed by atoms with Crippen LogP contribution in [0.3, 0.4) is 0 Å². The second-order valence-electron chi connectivity index (χ2n) is 4.69. The minimum Gasteiger partial charge on any atom is -0.332 e. The van der Waals surface area contributed by atoms with Crippen molar-refractivity contribution >= 4 is 10.0 Å². The monoisotopic (exact) mass is 297 g/mol. The molecule has 1 atom stereocenters. The molecule has 5 nitrogen and oxygen atoms in total. The lowest BCUT2D eigenvalue weighted by Gasteiger charge is -2.13. The molecule has 0 saturated carbocycles. The molecule has 1 unspecified atom stereocenters. The van der Waals surface area contributed by atoms with E-state index in [9.17, 15) is 12.8 Å². The minimum absolute atomic E-state index is 0.0426. The molecule has 0 amide bonds. The zero-order chi connectivity index (χ0) is 14.8. The van der Waals surface area contributed by atoms with Crippen molar-refractivity contribution in [3.63, 3.8) is 0 Å². The lowest BCUT2D eigenvalue weighted by atomic mass is 10.1. The lowest BCUT2D eigenvalue weighted by Crippen LogP contribution is -2.34. The first kappa shape index (κ1) is 14.7. The number of aryl methyl sites for hydroxylation is 1. The Bertz CT molecular complexity index is 680. The Kier molecular flexibility index (Phi) is 4.20. The van der Waals surface area contributed by atoms with Gasteiger partial charge < -0.3 is 4.98 Å². The molecule has 0 aliphatic carbocycles.